The molecular weight excluding hydrogens is 228 g/mol. The van der Waals surface area contributed by atoms with Gasteiger partial charge in [0, 0.05) is 36.7 Å². The zero-order valence-corrected chi connectivity index (χ0v) is 10.9. The molecule has 98 valence electrons. The fourth-order valence-electron chi connectivity index (χ4n) is 2.28. The molecule has 1 aliphatic rings. The number of amides is 1. The molecule has 2 unspecified atom stereocenters. The van der Waals surface area contributed by atoms with Crippen LogP contribution in [-0.4, -0.2) is 41.5 Å². The Bertz CT molecular complexity index is 435. The maximum Gasteiger partial charge on any atom is 0.255 e. The second-order valence-electron chi connectivity index (χ2n) is 4.99. The highest BCUT2D eigenvalue weighted by atomic mass is 16.1. The van der Waals surface area contributed by atoms with Crippen molar-refractivity contribution in [2.45, 2.75) is 31.8 Å². The number of pyridine rings is 1. The first-order valence-electron chi connectivity index (χ1n) is 6.28. The van der Waals surface area contributed by atoms with Crippen LogP contribution in [0.3, 0.4) is 0 Å². The Morgan fingerprint density at radius 2 is 2.39 bits per heavy atom. The summed E-state index contributed by atoms with van der Waals surface area (Å²) in [5.41, 5.74) is 6.70. The summed E-state index contributed by atoms with van der Waals surface area (Å²) in [5.74, 6) is -0.123. The Kier molecular flexibility index (Phi) is 3.81. The van der Waals surface area contributed by atoms with Gasteiger partial charge < -0.3 is 16.0 Å². The van der Waals surface area contributed by atoms with Gasteiger partial charge in [0.05, 0.1) is 5.56 Å². The molecule has 0 aliphatic carbocycles. The van der Waals surface area contributed by atoms with Crippen LogP contribution in [-0.2, 0) is 0 Å². The largest absolute Gasteiger partial charge is 0.398 e. The van der Waals surface area contributed by atoms with E-state index >= 15 is 0 Å². The van der Waals surface area contributed by atoms with Crippen molar-refractivity contribution in [1.82, 2.24) is 15.2 Å². The van der Waals surface area contributed by atoms with Gasteiger partial charge in [-0.1, -0.05) is 0 Å². The molecule has 1 aromatic rings. The molecule has 0 aromatic carbocycles. The number of hydrogen-bond donors (Lipinski definition) is 2. The van der Waals surface area contributed by atoms with Crippen molar-refractivity contribution in [3.8, 4) is 0 Å². The molecule has 2 heterocycles. The minimum atomic E-state index is -0.123. The molecule has 1 saturated heterocycles. The van der Waals surface area contributed by atoms with E-state index in [0.29, 0.717) is 17.3 Å². The van der Waals surface area contributed by atoms with Crippen molar-refractivity contribution in [3.05, 3.63) is 24.0 Å². The Morgan fingerprint density at radius 3 is 3.06 bits per heavy atom. The van der Waals surface area contributed by atoms with E-state index in [1.165, 1.54) is 6.20 Å². The van der Waals surface area contributed by atoms with Crippen molar-refractivity contribution >= 4 is 11.6 Å². The number of piperidine rings is 1. The summed E-state index contributed by atoms with van der Waals surface area (Å²) in [5, 5.41) is 3.04. The van der Waals surface area contributed by atoms with E-state index in [4.69, 9.17) is 5.73 Å². The quantitative estimate of drug-likeness (QED) is 0.815. The van der Waals surface area contributed by atoms with Crippen LogP contribution in [0.2, 0.25) is 0 Å². The molecule has 2 atom stereocenters. The lowest BCUT2D eigenvalue weighted by atomic mass is 9.98. The van der Waals surface area contributed by atoms with Gasteiger partial charge in [-0.25, -0.2) is 0 Å². The number of hydrogen-bond acceptors (Lipinski definition) is 4. The fourth-order valence-corrected chi connectivity index (χ4v) is 2.28. The average molecular weight is 248 g/mol. The highest BCUT2D eigenvalue weighted by Crippen LogP contribution is 2.16. The number of nitrogens with zero attached hydrogens (tertiary/aromatic N) is 2. The van der Waals surface area contributed by atoms with Gasteiger partial charge in [0.1, 0.15) is 0 Å². The Morgan fingerprint density at radius 1 is 1.61 bits per heavy atom. The number of carbonyl (C=O) groups excluding carboxylic acids is 1. The van der Waals surface area contributed by atoms with Gasteiger partial charge in [-0.05, 0) is 32.9 Å². The molecule has 2 rings (SSSR count). The molecule has 1 amide bonds. The molecule has 5 nitrogen and oxygen atoms in total. The van der Waals surface area contributed by atoms with E-state index in [-0.39, 0.29) is 11.9 Å². The average Bonchev–Trinajstić information content (AvgIpc) is 2.34. The minimum Gasteiger partial charge on any atom is -0.398 e. The second-order valence-corrected chi connectivity index (χ2v) is 4.99. The SMILES string of the molecule is CC1CC(NC(=O)c2cnccc2N)CCN1C. The maximum atomic E-state index is 12.1. The van der Waals surface area contributed by atoms with Crippen molar-refractivity contribution in [2.75, 3.05) is 19.3 Å². The van der Waals surface area contributed by atoms with Gasteiger partial charge in [-0.15, -0.1) is 0 Å². The van der Waals surface area contributed by atoms with Crippen LogP contribution in [0.15, 0.2) is 18.5 Å². The molecule has 0 saturated carbocycles. The summed E-state index contributed by atoms with van der Waals surface area (Å²) in [7, 11) is 2.11. The summed E-state index contributed by atoms with van der Waals surface area (Å²) in [4.78, 5) is 18.3. The first kappa shape index (κ1) is 12.8. The van der Waals surface area contributed by atoms with Crippen LogP contribution in [0.5, 0.6) is 0 Å². The van der Waals surface area contributed by atoms with E-state index in [1.54, 1.807) is 12.3 Å². The van der Waals surface area contributed by atoms with Crippen LogP contribution >= 0.6 is 0 Å². The van der Waals surface area contributed by atoms with E-state index in [0.717, 1.165) is 19.4 Å². The first-order chi connectivity index (χ1) is 8.58. The molecule has 0 bridgehead atoms. The summed E-state index contributed by atoms with van der Waals surface area (Å²) < 4.78 is 0. The molecule has 3 N–H and O–H groups in total. The lowest BCUT2D eigenvalue weighted by Crippen LogP contribution is -2.47. The number of likely N-dealkylation sites (tertiary alicyclic amines) is 1. The third-order valence-electron chi connectivity index (χ3n) is 3.64. The zero-order valence-electron chi connectivity index (χ0n) is 10.9. The standard InChI is InChI=1S/C13H20N4O/c1-9-7-10(4-6-17(9)2)16-13(18)11-8-15-5-3-12(11)14/h3,5,8-10H,4,6-7H2,1-2H3,(H2,14,15)(H,16,18). The number of nitrogens with one attached hydrogen (secondary N) is 1. The first-order valence-corrected chi connectivity index (χ1v) is 6.28. The number of nitrogens with two attached hydrogens (primary N) is 1. The lowest BCUT2D eigenvalue weighted by molar-refractivity contribution is 0.0897. The Balaban J connectivity index is 1.98. The maximum absolute atomic E-state index is 12.1. The number of nitrogen functional groups attached to an aromatic ring is 1. The van der Waals surface area contributed by atoms with Crippen molar-refractivity contribution in [1.29, 1.82) is 0 Å². The summed E-state index contributed by atoms with van der Waals surface area (Å²) >= 11 is 0. The van der Waals surface area contributed by atoms with E-state index < -0.39 is 0 Å². The van der Waals surface area contributed by atoms with Gasteiger partial charge in [0.2, 0.25) is 0 Å². The Hall–Kier alpha value is -1.62. The van der Waals surface area contributed by atoms with E-state index in [9.17, 15) is 4.79 Å². The van der Waals surface area contributed by atoms with Crippen molar-refractivity contribution in [3.63, 3.8) is 0 Å². The second kappa shape index (κ2) is 5.35. The van der Waals surface area contributed by atoms with E-state index in [1.807, 2.05) is 0 Å². The Labute approximate surface area is 107 Å². The predicted octanol–water partition coefficient (Wildman–Crippen LogP) is 0.876. The monoisotopic (exact) mass is 248 g/mol. The smallest absolute Gasteiger partial charge is 0.255 e. The lowest BCUT2D eigenvalue weighted by Gasteiger charge is -2.35. The highest BCUT2D eigenvalue weighted by molar-refractivity contribution is 5.98. The van der Waals surface area contributed by atoms with Crippen LogP contribution in [0.1, 0.15) is 30.1 Å². The summed E-state index contributed by atoms with van der Waals surface area (Å²) in [6, 6.07) is 2.37. The number of rotatable bonds is 2. The normalized spacial score (nSPS) is 24.8. The summed E-state index contributed by atoms with van der Waals surface area (Å²) in [6.07, 6.45) is 5.06. The minimum absolute atomic E-state index is 0.123. The molecule has 1 fully saturated rings. The van der Waals surface area contributed by atoms with Gasteiger partial charge >= 0.3 is 0 Å². The van der Waals surface area contributed by atoms with Crippen molar-refractivity contribution < 1.29 is 4.79 Å². The zero-order chi connectivity index (χ0) is 13.1. The van der Waals surface area contributed by atoms with Gasteiger partial charge in [0.15, 0.2) is 0 Å². The van der Waals surface area contributed by atoms with Gasteiger partial charge in [-0.2, -0.15) is 0 Å². The molecule has 0 spiro atoms. The third-order valence-corrected chi connectivity index (χ3v) is 3.64. The van der Waals surface area contributed by atoms with Crippen LogP contribution in [0, 0.1) is 0 Å². The van der Waals surface area contributed by atoms with E-state index in [2.05, 4.69) is 29.2 Å². The van der Waals surface area contributed by atoms with Crippen LogP contribution in [0.4, 0.5) is 5.69 Å². The molecule has 1 aromatic heterocycles. The van der Waals surface area contributed by atoms with Crippen LogP contribution in [0.25, 0.3) is 0 Å². The molecular formula is C13H20N4O. The third kappa shape index (κ3) is 2.79. The number of carbonyl (C=O) groups is 1. The summed E-state index contributed by atoms with van der Waals surface area (Å²) in [6.45, 7) is 3.19. The number of aromatic nitrogens is 1. The molecule has 18 heavy (non-hydrogen) atoms. The highest BCUT2D eigenvalue weighted by Gasteiger charge is 2.24. The molecule has 0 radical (unpaired) electrons. The molecule has 1 aliphatic heterocycles. The van der Waals surface area contributed by atoms with Crippen LogP contribution < -0.4 is 11.1 Å². The predicted molar refractivity (Wildman–Crippen MR) is 71.2 cm³/mol. The molecule has 5 heteroatoms. The number of anilines is 1. The van der Waals surface area contributed by atoms with Gasteiger partial charge in [-0.3, -0.25) is 9.78 Å². The van der Waals surface area contributed by atoms with Gasteiger partial charge in [0.25, 0.3) is 5.91 Å². The van der Waals surface area contributed by atoms with Crippen molar-refractivity contribution in [2.24, 2.45) is 0 Å². The topological polar surface area (TPSA) is 71.2 Å². The fraction of sp³-hybridized carbons (Fsp3) is 0.538.